The summed E-state index contributed by atoms with van der Waals surface area (Å²) in [4.78, 5) is 32.5. The molecule has 1 aliphatic rings. The van der Waals surface area contributed by atoms with Crippen LogP contribution >= 0.6 is 11.8 Å². The van der Waals surface area contributed by atoms with Crippen molar-refractivity contribution < 1.29 is 9.53 Å². The number of hydrogen-bond acceptors (Lipinski definition) is 5. The van der Waals surface area contributed by atoms with Gasteiger partial charge in [0.25, 0.3) is 5.56 Å². The van der Waals surface area contributed by atoms with E-state index in [1.54, 1.807) is 28.3 Å². The van der Waals surface area contributed by atoms with E-state index in [0.717, 1.165) is 21.8 Å². The van der Waals surface area contributed by atoms with Crippen molar-refractivity contribution in [3.05, 3.63) is 28.6 Å². The Kier molecular flexibility index (Phi) is 4.59. The first-order chi connectivity index (χ1) is 13.1. The minimum atomic E-state index is -0.0810. The average Bonchev–Trinajstić information content (AvgIpc) is 3.26. The lowest BCUT2D eigenvalue weighted by molar-refractivity contribution is -0.131. The number of ether oxygens (including phenoxy) is 1. The Bertz CT molecular complexity index is 1100. The number of likely N-dealkylation sites (N-methyl/N-ethyl adjacent to an activating group) is 1. The molecule has 27 heavy (non-hydrogen) atoms. The Balaban J connectivity index is 2.00. The van der Waals surface area contributed by atoms with Gasteiger partial charge in [-0.3, -0.25) is 14.2 Å². The number of methoxy groups -OCH3 is 1. The average molecular weight is 386 g/mol. The van der Waals surface area contributed by atoms with Crippen molar-refractivity contribution in [3.8, 4) is 5.75 Å². The van der Waals surface area contributed by atoms with Gasteiger partial charge in [0, 0.05) is 30.8 Å². The van der Waals surface area contributed by atoms with Crippen LogP contribution in [-0.2, 0) is 17.9 Å². The van der Waals surface area contributed by atoms with Crippen molar-refractivity contribution >= 4 is 39.6 Å². The van der Waals surface area contributed by atoms with E-state index in [-0.39, 0.29) is 18.0 Å². The van der Waals surface area contributed by atoms with Gasteiger partial charge in [-0.2, -0.15) is 0 Å². The molecule has 0 atom stereocenters. The summed E-state index contributed by atoms with van der Waals surface area (Å²) in [6, 6.07) is 5.63. The van der Waals surface area contributed by atoms with E-state index in [2.05, 4.69) is 0 Å². The van der Waals surface area contributed by atoms with Gasteiger partial charge in [-0.1, -0.05) is 11.8 Å². The van der Waals surface area contributed by atoms with Crippen LogP contribution in [0, 0.1) is 0 Å². The molecular formula is C19H22N4O3S. The third-order valence-electron chi connectivity index (χ3n) is 5.09. The number of amides is 1. The smallest absolute Gasteiger partial charge is 0.278 e. The molecule has 3 aromatic rings. The van der Waals surface area contributed by atoms with Crippen LogP contribution in [0.5, 0.6) is 5.75 Å². The molecule has 0 saturated heterocycles. The van der Waals surface area contributed by atoms with Crippen molar-refractivity contribution in [2.75, 3.05) is 26.0 Å². The third kappa shape index (κ3) is 2.79. The molecule has 1 aliphatic heterocycles. The predicted octanol–water partition coefficient (Wildman–Crippen LogP) is 2.33. The highest BCUT2D eigenvalue weighted by Crippen LogP contribution is 2.32. The van der Waals surface area contributed by atoms with E-state index >= 15 is 0 Å². The summed E-state index contributed by atoms with van der Waals surface area (Å²) in [6.45, 7) is 5.97. The summed E-state index contributed by atoms with van der Waals surface area (Å²) in [5.41, 5.74) is 1.87. The Morgan fingerprint density at radius 3 is 2.81 bits per heavy atom. The maximum absolute atomic E-state index is 13.2. The molecule has 0 fully saturated rings. The summed E-state index contributed by atoms with van der Waals surface area (Å²) < 4.78 is 8.88. The number of aromatic nitrogens is 3. The number of carbonyl (C=O) groups is 1. The van der Waals surface area contributed by atoms with Gasteiger partial charge < -0.3 is 14.2 Å². The van der Waals surface area contributed by atoms with Gasteiger partial charge in [0.15, 0.2) is 5.16 Å². The van der Waals surface area contributed by atoms with Crippen LogP contribution in [0.3, 0.4) is 0 Å². The van der Waals surface area contributed by atoms with E-state index < -0.39 is 0 Å². The normalized spacial score (nSPS) is 13.3. The van der Waals surface area contributed by atoms with Gasteiger partial charge in [-0.15, -0.1) is 0 Å². The topological polar surface area (TPSA) is 69.4 Å². The molecule has 2 aromatic heterocycles. The molecule has 142 valence electrons. The van der Waals surface area contributed by atoms with Crippen LogP contribution in [0.15, 0.2) is 28.2 Å². The fraction of sp³-hybridized carbons (Fsp3) is 0.421. The fourth-order valence-electron chi connectivity index (χ4n) is 3.66. The zero-order valence-corrected chi connectivity index (χ0v) is 16.5. The third-order valence-corrected chi connectivity index (χ3v) is 6.04. The Morgan fingerprint density at radius 2 is 2.11 bits per heavy atom. The molecular weight excluding hydrogens is 364 g/mol. The molecule has 1 aromatic carbocycles. The summed E-state index contributed by atoms with van der Waals surface area (Å²) in [5.74, 6) is 1.54. The summed E-state index contributed by atoms with van der Waals surface area (Å²) >= 11 is 1.59. The molecule has 8 heteroatoms. The highest BCUT2D eigenvalue weighted by atomic mass is 32.2. The van der Waals surface area contributed by atoms with E-state index in [9.17, 15) is 9.59 Å². The van der Waals surface area contributed by atoms with Crippen LogP contribution in [0.4, 0.5) is 0 Å². The molecule has 0 unspecified atom stereocenters. The highest BCUT2D eigenvalue weighted by Gasteiger charge is 2.24. The van der Waals surface area contributed by atoms with Crippen molar-refractivity contribution in [2.45, 2.75) is 32.1 Å². The molecule has 0 N–H and O–H groups in total. The predicted molar refractivity (Wildman–Crippen MR) is 107 cm³/mol. The Morgan fingerprint density at radius 1 is 1.33 bits per heavy atom. The van der Waals surface area contributed by atoms with Crippen LogP contribution in [0.25, 0.3) is 21.9 Å². The van der Waals surface area contributed by atoms with Crippen molar-refractivity contribution in [1.82, 2.24) is 19.0 Å². The van der Waals surface area contributed by atoms with Crippen molar-refractivity contribution in [2.24, 2.45) is 0 Å². The summed E-state index contributed by atoms with van der Waals surface area (Å²) in [5, 5.41) is 1.58. The molecule has 0 aliphatic carbocycles. The van der Waals surface area contributed by atoms with E-state index in [1.165, 1.54) is 0 Å². The molecule has 0 bridgehead atoms. The molecule has 1 amide bonds. The number of thioether (sulfide) groups is 1. The number of fused-ring (bicyclic) bond motifs is 4. The number of rotatable bonds is 5. The first kappa shape index (κ1) is 17.9. The fourth-order valence-corrected chi connectivity index (χ4v) is 4.60. The van der Waals surface area contributed by atoms with Crippen molar-refractivity contribution in [1.29, 1.82) is 0 Å². The van der Waals surface area contributed by atoms with Crippen LogP contribution < -0.4 is 10.3 Å². The molecule has 7 nitrogen and oxygen atoms in total. The first-order valence-corrected chi connectivity index (χ1v) is 10.1. The Hall–Kier alpha value is -2.48. The van der Waals surface area contributed by atoms with Gasteiger partial charge in [0.05, 0.1) is 12.6 Å². The monoisotopic (exact) mass is 386 g/mol. The Labute approximate surface area is 160 Å². The summed E-state index contributed by atoms with van der Waals surface area (Å²) in [6.07, 6.45) is 0. The SMILES string of the molecule is CCN(CC)C(=O)Cn1c2ccc(OC)cc2c2nc3n(c(=O)c21)CCS3. The minimum Gasteiger partial charge on any atom is -0.497 e. The zero-order valence-electron chi connectivity index (χ0n) is 15.7. The quantitative estimate of drug-likeness (QED) is 0.630. The van der Waals surface area contributed by atoms with E-state index in [4.69, 9.17) is 9.72 Å². The first-order valence-electron chi connectivity index (χ1n) is 9.10. The van der Waals surface area contributed by atoms with E-state index in [0.29, 0.717) is 36.4 Å². The second-order valence-corrected chi connectivity index (χ2v) is 7.49. The van der Waals surface area contributed by atoms with Gasteiger partial charge in [-0.25, -0.2) is 4.98 Å². The molecule has 3 heterocycles. The second-order valence-electron chi connectivity index (χ2n) is 6.43. The van der Waals surface area contributed by atoms with Crippen LogP contribution in [0.2, 0.25) is 0 Å². The number of nitrogens with zero attached hydrogens (tertiary/aromatic N) is 4. The maximum atomic E-state index is 13.2. The number of carbonyl (C=O) groups excluding carboxylic acids is 1. The zero-order chi connectivity index (χ0) is 19.1. The van der Waals surface area contributed by atoms with Crippen LogP contribution in [0.1, 0.15) is 13.8 Å². The maximum Gasteiger partial charge on any atom is 0.278 e. The molecule has 0 saturated carbocycles. The lowest BCUT2D eigenvalue weighted by Crippen LogP contribution is -2.34. The van der Waals surface area contributed by atoms with Crippen molar-refractivity contribution in [3.63, 3.8) is 0 Å². The van der Waals surface area contributed by atoms with Gasteiger partial charge >= 0.3 is 0 Å². The molecule has 0 radical (unpaired) electrons. The number of hydrogen-bond donors (Lipinski definition) is 0. The molecule has 0 spiro atoms. The minimum absolute atomic E-state index is 0.00566. The highest BCUT2D eigenvalue weighted by molar-refractivity contribution is 7.99. The van der Waals surface area contributed by atoms with Gasteiger partial charge in [0.1, 0.15) is 23.3 Å². The summed E-state index contributed by atoms with van der Waals surface area (Å²) in [7, 11) is 1.61. The van der Waals surface area contributed by atoms with Gasteiger partial charge in [-0.05, 0) is 32.0 Å². The lowest BCUT2D eigenvalue weighted by atomic mass is 10.2. The second kappa shape index (κ2) is 6.92. The van der Waals surface area contributed by atoms with Gasteiger partial charge in [0.2, 0.25) is 5.91 Å². The lowest BCUT2D eigenvalue weighted by Gasteiger charge is -2.19. The largest absolute Gasteiger partial charge is 0.497 e. The standard InChI is InChI=1S/C19H22N4O3S/c1-4-21(5-2)15(24)11-23-14-7-6-12(26-3)10-13(14)16-17(23)18(25)22-8-9-27-19(22)20-16/h6-7,10H,4-5,8-9,11H2,1-3H3. The van der Waals surface area contributed by atoms with E-state index in [1.807, 2.05) is 36.6 Å². The molecule has 4 rings (SSSR count). The van der Waals surface area contributed by atoms with Crippen LogP contribution in [-0.4, -0.2) is 50.9 Å². The number of benzene rings is 1.